The van der Waals surface area contributed by atoms with Crippen molar-refractivity contribution in [1.82, 2.24) is 9.88 Å². The van der Waals surface area contributed by atoms with Crippen LogP contribution in [-0.2, 0) is 22.4 Å². The SMILES string of the molecule is C=CCN(C)C(=O)OCC1CCc2c(sc(NC(=O)/C=C/c3cccnc3)c2N)C1. The molecule has 2 aromatic heterocycles. The molecule has 1 unspecified atom stereocenters. The van der Waals surface area contributed by atoms with Crippen molar-refractivity contribution in [2.45, 2.75) is 19.3 Å². The van der Waals surface area contributed by atoms with Crippen LogP contribution >= 0.6 is 11.3 Å². The van der Waals surface area contributed by atoms with Gasteiger partial charge >= 0.3 is 6.09 Å². The summed E-state index contributed by atoms with van der Waals surface area (Å²) in [5.74, 6) is 0.00513. The van der Waals surface area contributed by atoms with E-state index in [0.29, 0.717) is 23.8 Å². The molecule has 1 atom stereocenters. The van der Waals surface area contributed by atoms with E-state index in [1.165, 1.54) is 22.3 Å². The second kappa shape index (κ2) is 10.1. The molecule has 1 aliphatic rings. The molecule has 0 saturated heterocycles. The molecule has 1 aliphatic carbocycles. The molecule has 2 aromatic rings. The molecule has 0 bridgehead atoms. The van der Waals surface area contributed by atoms with Crippen LogP contribution in [-0.4, -0.2) is 42.1 Å². The third-order valence-corrected chi connectivity index (χ3v) is 6.10. The monoisotopic (exact) mass is 426 g/mol. The second-order valence-electron chi connectivity index (χ2n) is 7.21. The first-order chi connectivity index (χ1) is 14.5. The predicted octanol–water partition coefficient (Wildman–Crippen LogP) is 3.74. The van der Waals surface area contributed by atoms with Gasteiger partial charge in [0, 0.05) is 36.9 Å². The number of fused-ring (bicyclic) bond motifs is 1. The van der Waals surface area contributed by atoms with Crippen molar-refractivity contribution >= 4 is 40.1 Å². The predicted molar refractivity (Wildman–Crippen MR) is 120 cm³/mol. The number of aromatic nitrogens is 1. The van der Waals surface area contributed by atoms with Gasteiger partial charge in [-0.1, -0.05) is 12.1 Å². The van der Waals surface area contributed by atoms with Crippen molar-refractivity contribution in [3.8, 4) is 0 Å². The van der Waals surface area contributed by atoms with Crippen LogP contribution in [0.2, 0.25) is 0 Å². The van der Waals surface area contributed by atoms with E-state index in [2.05, 4.69) is 16.9 Å². The lowest BCUT2D eigenvalue weighted by Crippen LogP contribution is -2.30. The Hall–Kier alpha value is -3.13. The number of carbonyl (C=O) groups excluding carboxylic acids is 2. The zero-order chi connectivity index (χ0) is 21.5. The lowest BCUT2D eigenvalue weighted by molar-refractivity contribution is -0.111. The highest BCUT2D eigenvalue weighted by Gasteiger charge is 2.26. The smallest absolute Gasteiger partial charge is 0.409 e. The van der Waals surface area contributed by atoms with Gasteiger partial charge in [-0.05, 0) is 48.4 Å². The van der Waals surface area contributed by atoms with Crippen molar-refractivity contribution in [1.29, 1.82) is 0 Å². The lowest BCUT2D eigenvalue weighted by atomic mass is 9.89. The first-order valence-corrected chi connectivity index (χ1v) is 10.6. The van der Waals surface area contributed by atoms with Gasteiger partial charge in [0.25, 0.3) is 0 Å². The molecule has 0 radical (unpaired) electrons. The van der Waals surface area contributed by atoms with Crippen molar-refractivity contribution in [2.75, 3.05) is 31.2 Å². The molecule has 7 nitrogen and oxygen atoms in total. The van der Waals surface area contributed by atoms with Gasteiger partial charge in [0.15, 0.2) is 0 Å². The van der Waals surface area contributed by atoms with Crippen molar-refractivity contribution in [3.63, 3.8) is 0 Å². The topological polar surface area (TPSA) is 97.5 Å². The minimum Gasteiger partial charge on any atom is -0.449 e. The highest BCUT2D eigenvalue weighted by atomic mass is 32.1. The number of likely N-dealkylation sites (N-methyl/N-ethyl adjacent to an activating group) is 1. The van der Waals surface area contributed by atoms with E-state index in [4.69, 9.17) is 10.5 Å². The number of carbonyl (C=O) groups is 2. The highest BCUT2D eigenvalue weighted by Crippen LogP contribution is 2.41. The number of pyridine rings is 1. The minimum atomic E-state index is -0.347. The number of rotatable bonds is 7. The molecule has 158 valence electrons. The maximum atomic E-state index is 12.3. The first kappa shape index (κ1) is 21.6. The number of hydrogen-bond donors (Lipinski definition) is 2. The fourth-order valence-electron chi connectivity index (χ4n) is 3.28. The van der Waals surface area contributed by atoms with Gasteiger partial charge in [-0.3, -0.25) is 9.78 Å². The summed E-state index contributed by atoms with van der Waals surface area (Å²) in [5.41, 5.74) is 8.86. The summed E-state index contributed by atoms with van der Waals surface area (Å²) in [6.45, 7) is 4.44. The normalized spacial score (nSPS) is 15.4. The molecule has 0 saturated carbocycles. The van der Waals surface area contributed by atoms with Crippen molar-refractivity contribution < 1.29 is 14.3 Å². The van der Waals surface area contributed by atoms with Crippen LogP contribution in [0.1, 0.15) is 22.4 Å². The molecule has 2 amide bonds. The van der Waals surface area contributed by atoms with Gasteiger partial charge in [-0.2, -0.15) is 0 Å². The summed E-state index contributed by atoms with van der Waals surface area (Å²) in [6.07, 6.45) is 10.3. The molecule has 0 aromatic carbocycles. The maximum Gasteiger partial charge on any atom is 0.409 e. The van der Waals surface area contributed by atoms with Gasteiger partial charge in [-0.15, -0.1) is 17.9 Å². The summed E-state index contributed by atoms with van der Waals surface area (Å²) < 4.78 is 5.42. The zero-order valence-electron chi connectivity index (χ0n) is 17.0. The van der Waals surface area contributed by atoms with E-state index in [-0.39, 0.29) is 17.9 Å². The number of nitrogen functional groups attached to an aromatic ring is 1. The highest BCUT2D eigenvalue weighted by molar-refractivity contribution is 7.17. The third kappa shape index (κ3) is 5.48. The fourth-order valence-corrected chi connectivity index (χ4v) is 4.57. The average Bonchev–Trinajstić information content (AvgIpc) is 3.06. The number of nitrogens with one attached hydrogen (secondary N) is 1. The van der Waals surface area contributed by atoms with Crippen LogP contribution in [0.4, 0.5) is 15.5 Å². The molecule has 3 rings (SSSR count). The zero-order valence-corrected chi connectivity index (χ0v) is 17.8. The summed E-state index contributed by atoms with van der Waals surface area (Å²) in [7, 11) is 1.68. The Morgan fingerprint density at radius 3 is 3.07 bits per heavy atom. The average molecular weight is 427 g/mol. The second-order valence-corrected chi connectivity index (χ2v) is 8.32. The van der Waals surface area contributed by atoms with E-state index in [9.17, 15) is 9.59 Å². The third-order valence-electron chi connectivity index (χ3n) is 4.91. The van der Waals surface area contributed by atoms with E-state index >= 15 is 0 Å². The van der Waals surface area contributed by atoms with E-state index in [1.807, 2.05) is 12.1 Å². The van der Waals surface area contributed by atoms with Crippen molar-refractivity contribution in [2.24, 2.45) is 5.92 Å². The largest absolute Gasteiger partial charge is 0.449 e. The maximum absolute atomic E-state index is 12.3. The Morgan fingerprint density at radius 1 is 1.50 bits per heavy atom. The molecular weight excluding hydrogens is 400 g/mol. The van der Waals surface area contributed by atoms with E-state index in [0.717, 1.165) is 35.3 Å². The van der Waals surface area contributed by atoms with Gasteiger partial charge in [0.1, 0.15) is 5.00 Å². The van der Waals surface area contributed by atoms with Crippen LogP contribution in [0.3, 0.4) is 0 Å². The van der Waals surface area contributed by atoms with Crippen LogP contribution in [0.25, 0.3) is 6.08 Å². The Morgan fingerprint density at radius 2 is 2.33 bits per heavy atom. The number of amides is 2. The molecule has 0 spiro atoms. The van der Waals surface area contributed by atoms with E-state index < -0.39 is 0 Å². The molecule has 0 aliphatic heterocycles. The van der Waals surface area contributed by atoms with Crippen molar-refractivity contribution in [3.05, 3.63) is 59.3 Å². The quantitative estimate of drug-likeness (QED) is 0.519. The van der Waals surface area contributed by atoms with Crippen LogP contribution in [0.15, 0.2) is 43.3 Å². The molecule has 30 heavy (non-hydrogen) atoms. The van der Waals surface area contributed by atoms with Gasteiger partial charge in [-0.25, -0.2) is 4.79 Å². The summed E-state index contributed by atoms with van der Waals surface area (Å²) in [5, 5.41) is 3.55. The summed E-state index contributed by atoms with van der Waals surface area (Å²) in [6, 6.07) is 3.69. The van der Waals surface area contributed by atoms with Crippen LogP contribution < -0.4 is 11.1 Å². The van der Waals surface area contributed by atoms with Crippen LogP contribution in [0, 0.1) is 5.92 Å². The minimum absolute atomic E-state index is 0.236. The summed E-state index contributed by atoms with van der Waals surface area (Å²) in [4.78, 5) is 30.9. The molecular formula is C22H26N4O3S. The van der Waals surface area contributed by atoms with E-state index in [1.54, 1.807) is 31.6 Å². The Balaban J connectivity index is 1.57. The number of nitrogens with two attached hydrogens (primary N) is 1. The Labute approximate surface area is 180 Å². The Kier molecular flexibility index (Phi) is 7.24. The number of hydrogen-bond acceptors (Lipinski definition) is 6. The number of nitrogens with zero attached hydrogens (tertiary/aromatic N) is 2. The molecule has 2 heterocycles. The standard InChI is InChI=1S/C22H26N4O3S/c1-3-11-26(2)22(28)29-14-16-6-8-17-18(12-16)30-21(20(17)23)25-19(27)9-7-15-5-4-10-24-13-15/h3-5,7,9-10,13,16H,1,6,8,11-12,14,23H2,2H3,(H,25,27)/b9-7+. The van der Waals surface area contributed by atoms with Gasteiger partial charge in [0.2, 0.25) is 5.91 Å². The Bertz CT molecular complexity index is 939. The van der Waals surface area contributed by atoms with Gasteiger partial charge < -0.3 is 20.7 Å². The summed E-state index contributed by atoms with van der Waals surface area (Å²) >= 11 is 1.50. The number of ether oxygens (including phenoxy) is 1. The molecule has 3 N–H and O–H groups in total. The fraction of sp³-hybridized carbons (Fsp3) is 0.318. The number of anilines is 2. The van der Waals surface area contributed by atoms with Gasteiger partial charge in [0.05, 0.1) is 12.3 Å². The first-order valence-electron chi connectivity index (χ1n) is 9.75. The van der Waals surface area contributed by atoms with Crippen LogP contribution in [0.5, 0.6) is 0 Å². The molecule has 8 heteroatoms. The number of thiophene rings is 1. The molecule has 0 fully saturated rings. The lowest BCUT2D eigenvalue weighted by Gasteiger charge is -2.23.